The Kier molecular flexibility index (Phi) is 6.78. The highest BCUT2D eigenvalue weighted by molar-refractivity contribution is 7.80. The first-order valence-electron chi connectivity index (χ1n) is 10.3. The van der Waals surface area contributed by atoms with Gasteiger partial charge in [-0.2, -0.15) is 0 Å². The summed E-state index contributed by atoms with van der Waals surface area (Å²) in [7, 11) is 0. The van der Waals surface area contributed by atoms with E-state index in [-0.39, 0.29) is 31.3 Å². The Labute approximate surface area is 197 Å². The van der Waals surface area contributed by atoms with Crippen LogP contribution in [-0.4, -0.2) is 42.1 Å². The average molecular weight is 491 g/mol. The first-order valence-corrected chi connectivity index (χ1v) is 10.7. The minimum absolute atomic E-state index is 0.0554. The third kappa shape index (κ3) is 4.58. The molecule has 0 aliphatic carbocycles. The molecule has 34 heavy (non-hydrogen) atoms. The fraction of sp³-hybridized carbons (Fsp3) is 0.167. The van der Waals surface area contributed by atoms with Crippen molar-refractivity contribution in [1.29, 1.82) is 0 Å². The van der Waals surface area contributed by atoms with E-state index in [9.17, 15) is 26.7 Å². The van der Waals surface area contributed by atoms with Crippen LogP contribution in [0.2, 0.25) is 0 Å². The number of carbonyl (C=O) groups is 1. The van der Waals surface area contributed by atoms with Crippen molar-refractivity contribution < 1.29 is 26.7 Å². The van der Waals surface area contributed by atoms with Gasteiger partial charge >= 0.3 is 0 Å². The molecule has 0 spiro atoms. The van der Waals surface area contributed by atoms with Crippen LogP contribution in [0.5, 0.6) is 0 Å². The summed E-state index contributed by atoms with van der Waals surface area (Å²) in [6.07, 6.45) is 0. The molecule has 176 valence electrons. The first-order chi connectivity index (χ1) is 16.3. The van der Waals surface area contributed by atoms with Crippen LogP contribution in [0.25, 0.3) is 11.1 Å². The van der Waals surface area contributed by atoms with Crippen LogP contribution in [0.3, 0.4) is 0 Å². The lowest BCUT2D eigenvalue weighted by Gasteiger charge is -2.37. The topological polar surface area (TPSA) is 35.6 Å². The van der Waals surface area contributed by atoms with Gasteiger partial charge < -0.3 is 9.80 Å². The average Bonchev–Trinajstić information content (AvgIpc) is 2.87. The van der Waals surface area contributed by atoms with Crippen molar-refractivity contribution >= 4 is 28.9 Å². The Balaban J connectivity index is 1.38. The van der Waals surface area contributed by atoms with Gasteiger partial charge in [0, 0.05) is 31.7 Å². The second-order valence-corrected chi connectivity index (χ2v) is 7.98. The van der Waals surface area contributed by atoms with Crippen molar-refractivity contribution in [1.82, 2.24) is 10.2 Å². The van der Waals surface area contributed by atoms with Crippen molar-refractivity contribution in [2.75, 3.05) is 31.1 Å². The summed E-state index contributed by atoms with van der Waals surface area (Å²) < 4.78 is 68.5. The summed E-state index contributed by atoms with van der Waals surface area (Å²) in [6, 6.07) is 16.6. The zero-order chi connectivity index (χ0) is 24.4. The molecule has 4 rings (SSSR count). The molecule has 0 atom stereocenters. The van der Waals surface area contributed by atoms with Crippen LogP contribution in [0.1, 0.15) is 10.4 Å². The maximum Gasteiger partial charge on any atom is 0.257 e. The molecule has 1 aliphatic rings. The van der Waals surface area contributed by atoms with Gasteiger partial charge in [0.05, 0.1) is 0 Å². The minimum Gasteiger partial charge on any atom is -0.363 e. The highest BCUT2D eigenvalue weighted by atomic mass is 32.1. The standard InChI is InChI=1S/C24H18F5N3OS/c25-17-18(26)20(28)22(21(29)19(17)27)31-10-12-32(13-11-31)24(34)30-23(33)16-8-6-15(7-9-16)14-4-2-1-3-5-14/h1-9H,10-13H2,(H,30,33,34). The van der Waals surface area contributed by atoms with Crippen LogP contribution < -0.4 is 10.2 Å². The van der Waals surface area contributed by atoms with Gasteiger partial charge in [0.25, 0.3) is 5.91 Å². The molecule has 3 aromatic rings. The van der Waals surface area contributed by atoms with Crippen LogP contribution >= 0.6 is 12.2 Å². The molecule has 1 fully saturated rings. The van der Waals surface area contributed by atoms with Gasteiger partial charge in [-0.3, -0.25) is 10.1 Å². The Bertz CT molecular complexity index is 1200. The fourth-order valence-electron chi connectivity index (χ4n) is 3.70. The summed E-state index contributed by atoms with van der Waals surface area (Å²) >= 11 is 5.28. The van der Waals surface area contributed by atoms with E-state index in [1.54, 1.807) is 17.0 Å². The SMILES string of the molecule is O=C(NC(=S)N1CCN(c2c(F)c(F)c(F)c(F)c2F)CC1)c1ccc(-c2ccccc2)cc1. The van der Waals surface area contributed by atoms with E-state index in [1.165, 1.54) is 0 Å². The lowest BCUT2D eigenvalue weighted by Crippen LogP contribution is -2.53. The monoisotopic (exact) mass is 491 g/mol. The van der Waals surface area contributed by atoms with Crippen LogP contribution in [0.15, 0.2) is 54.6 Å². The minimum atomic E-state index is -2.20. The fourth-order valence-corrected chi connectivity index (χ4v) is 3.97. The molecule has 0 aromatic heterocycles. The molecule has 10 heteroatoms. The van der Waals surface area contributed by atoms with E-state index >= 15 is 0 Å². The first kappa shape index (κ1) is 23.6. The second kappa shape index (κ2) is 9.76. The predicted octanol–water partition coefficient (Wildman–Crippen LogP) is 4.89. The van der Waals surface area contributed by atoms with Crippen LogP contribution in [-0.2, 0) is 0 Å². The molecule has 0 bridgehead atoms. The van der Waals surface area contributed by atoms with E-state index in [0.29, 0.717) is 5.56 Å². The molecule has 4 nitrogen and oxygen atoms in total. The normalized spacial score (nSPS) is 13.7. The molecule has 1 amide bonds. The van der Waals surface area contributed by atoms with E-state index < -0.39 is 40.7 Å². The number of nitrogens with one attached hydrogen (secondary N) is 1. The van der Waals surface area contributed by atoms with E-state index in [4.69, 9.17) is 12.2 Å². The van der Waals surface area contributed by atoms with Gasteiger partial charge in [-0.25, -0.2) is 22.0 Å². The molecular weight excluding hydrogens is 473 g/mol. The summed E-state index contributed by atoms with van der Waals surface area (Å²) in [5.41, 5.74) is 1.38. The van der Waals surface area contributed by atoms with Gasteiger partial charge in [-0.05, 0) is 35.5 Å². The highest BCUT2D eigenvalue weighted by Crippen LogP contribution is 2.30. The Morgan fingerprint density at radius 3 is 1.76 bits per heavy atom. The van der Waals surface area contributed by atoms with E-state index in [1.807, 2.05) is 42.5 Å². The van der Waals surface area contributed by atoms with Crippen molar-refractivity contribution in [3.63, 3.8) is 0 Å². The number of hydrogen-bond donors (Lipinski definition) is 1. The maximum atomic E-state index is 14.1. The highest BCUT2D eigenvalue weighted by Gasteiger charge is 2.31. The van der Waals surface area contributed by atoms with Crippen molar-refractivity contribution in [2.45, 2.75) is 0 Å². The van der Waals surface area contributed by atoms with Gasteiger partial charge in [0.2, 0.25) is 5.82 Å². The molecular formula is C24H18F5N3OS. The summed E-state index contributed by atoms with van der Waals surface area (Å²) in [6.45, 7) is 0.122. The second-order valence-electron chi connectivity index (χ2n) is 7.60. The lowest BCUT2D eigenvalue weighted by atomic mass is 10.0. The van der Waals surface area contributed by atoms with Gasteiger partial charge in [-0.15, -0.1) is 0 Å². The molecule has 1 saturated heterocycles. The number of nitrogens with zero attached hydrogens (tertiary/aromatic N) is 2. The van der Waals surface area contributed by atoms with Crippen molar-refractivity contribution in [3.8, 4) is 11.1 Å². The number of rotatable bonds is 3. The summed E-state index contributed by atoms with van der Waals surface area (Å²) in [5, 5.41) is 2.72. The molecule has 0 unspecified atom stereocenters. The van der Waals surface area contributed by atoms with Gasteiger partial charge in [0.1, 0.15) is 5.69 Å². The molecule has 3 aromatic carbocycles. The third-order valence-electron chi connectivity index (χ3n) is 5.54. The number of anilines is 1. The molecule has 0 radical (unpaired) electrons. The number of amides is 1. The number of piperazine rings is 1. The van der Waals surface area contributed by atoms with Crippen LogP contribution in [0, 0.1) is 29.1 Å². The Hall–Kier alpha value is -3.53. The van der Waals surface area contributed by atoms with Crippen molar-refractivity contribution in [2.24, 2.45) is 0 Å². The molecule has 1 heterocycles. The molecule has 1 aliphatic heterocycles. The lowest BCUT2D eigenvalue weighted by molar-refractivity contribution is 0.0973. The van der Waals surface area contributed by atoms with Crippen molar-refractivity contribution in [3.05, 3.63) is 89.2 Å². The maximum absolute atomic E-state index is 14.1. The van der Waals surface area contributed by atoms with E-state index in [0.717, 1.165) is 16.0 Å². The molecule has 0 saturated carbocycles. The zero-order valence-electron chi connectivity index (χ0n) is 17.6. The summed E-state index contributed by atoms with van der Waals surface area (Å²) in [4.78, 5) is 15.2. The molecule has 1 N–H and O–H groups in total. The largest absolute Gasteiger partial charge is 0.363 e. The van der Waals surface area contributed by atoms with E-state index in [2.05, 4.69) is 5.32 Å². The quantitative estimate of drug-likeness (QED) is 0.245. The number of carbonyl (C=O) groups excluding carboxylic acids is 1. The Morgan fingerprint density at radius 2 is 1.21 bits per heavy atom. The summed E-state index contributed by atoms with van der Waals surface area (Å²) in [5.74, 6) is -10.3. The van der Waals surface area contributed by atoms with Crippen LogP contribution in [0.4, 0.5) is 27.6 Å². The number of thiocarbonyl (C=S) groups is 1. The third-order valence-corrected chi connectivity index (χ3v) is 5.90. The predicted molar refractivity (Wildman–Crippen MR) is 122 cm³/mol. The number of halogens is 5. The number of hydrogen-bond acceptors (Lipinski definition) is 3. The smallest absolute Gasteiger partial charge is 0.257 e. The zero-order valence-corrected chi connectivity index (χ0v) is 18.4. The van der Waals surface area contributed by atoms with Gasteiger partial charge in [-0.1, -0.05) is 42.5 Å². The Morgan fingerprint density at radius 1 is 0.706 bits per heavy atom. The number of benzene rings is 3. The van der Waals surface area contributed by atoms with Gasteiger partial charge in [0.15, 0.2) is 28.4 Å².